The first-order valence-corrected chi connectivity index (χ1v) is 4.89. The SMILES string of the molecule is C/C=C/C=N/Nc1ccc([N+](=O)[O-])cc1[N+](=O)[O-]. The van der Waals surface area contributed by atoms with Gasteiger partial charge in [-0.15, -0.1) is 0 Å². The molecule has 8 heteroatoms. The number of allylic oxidation sites excluding steroid dienone is 2. The molecule has 1 N–H and O–H groups in total. The maximum Gasteiger partial charge on any atom is 0.301 e. The van der Waals surface area contributed by atoms with Crippen LogP contribution in [-0.4, -0.2) is 16.1 Å². The molecule has 0 amide bonds. The molecule has 0 radical (unpaired) electrons. The van der Waals surface area contributed by atoms with E-state index < -0.39 is 15.5 Å². The van der Waals surface area contributed by atoms with Crippen molar-refractivity contribution in [3.63, 3.8) is 0 Å². The number of nitro groups is 2. The Morgan fingerprint density at radius 2 is 2.00 bits per heavy atom. The number of benzene rings is 1. The summed E-state index contributed by atoms with van der Waals surface area (Å²) < 4.78 is 0. The van der Waals surface area contributed by atoms with E-state index >= 15 is 0 Å². The van der Waals surface area contributed by atoms with E-state index in [1.165, 1.54) is 18.3 Å². The van der Waals surface area contributed by atoms with Crippen LogP contribution >= 0.6 is 0 Å². The van der Waals surface area contributed by atoms with Crippen molar-refractivity contribution in [1.29, 1.82) is 0 Å². The van der Waals surface area contributed by atoms with Gasteiger partial charge < -0.3 is 0 Å². The van der Waals surface area contributed by atoms with Crippen LogP contribution in [0, 0.1) is 20.2 Å². The van der Waals surface area contributed by atoms with Gasteiger partial charge in [0.05, 0.1) is 15.9 Å². The second-order valence-electron chi connectivity index (χ2n) is 3.13. The number of nitrogens with one attached hydrogen (secondary N) is 1. The molecule has 0 aliphatic heterocycles. The molecule has 0 aliphatic rings. The number of nitro benzene ring substituents is 2. The lowest BCUT2D eigenvalue weighted by Gasteiger charge is -2.01. The third-order valence-electron chi connectivity index (χ3n) is 1.93. The van der Waals surface area contributed by atoms with Crippen molar-refractivity contribution >= 4 is 23.3 Å². The highest BCUT2D eigenvalue weighted by atomic mass is 16.6. The van der Waals surface area contributed by atoms with Crippen molar-refractivity contribution in [1.82, 2.24) is 0 Å². The molecule has 0 fully saturated rings. The molecule has 1 rings (SSSR count). The van der Waals surface area contributed by atoms with E-state index in [0.29, 0.717) is 0 Å². The van der Waals surface area contributed by atoms with Crippen molar-refractivity contribution in [3.8, 4) is 0 Å². The second kappa shape index (κ2) is 6.09. The second-order valence-corrected chi connectivity index (χ2v) is 3.13. The van der Waals surface area contributed by atoms with Gasteiger partial charge in [-0.05, 0) is 19.1 Å². The van der Waals surface area contributed by atoms with E-state index in [1.54, 1.807) is 19.1 Å². The normalized spacial score (nSPS) is 10.9. The van der Waals surface area contributed by atoms with Gasteiger partial charge in [-0.2, -0.15) is 5.10 Å². The standard InChI is InChI=1S/C10H10N4O4/c1-2-3-6-11-12-9-5-4-8(13(15)16)7-10(9)14(17)18/h2-7,12H,1H3/b3-2+,11-6+. The van der Waals surface area contributed by atoms with Crippen molar-refractivity contribution in [2.24, 2.45) is 5.10 Å². The molecule has 0 heterocycles. The van der Waals surface area contributed by atoms with Gasteiger partial charge in [0.25, 0.3) is 5.69 Å². The van der Waals surface area contributed by atoms with Crippen LogP contribution in [0.25, 0.3) is 0 Å². The number of non-ortho nitro benzene ring substituents is 1. The average molecular weight is 250 g/mol. The third kappa shape index (κ3) is 3.37. The maximum absolute atomic E-state index is 10.8. The summed E-state index contributed by atoms with van der Waals surface area (Å²) in [5.41, 5.74) is 1.79. The first-order chi connectivity index (χ1) is 8.56. The Hall–Kier alpha value is -2.77. The summed E-state index contributed by atoms with van der Waals surface area (Å²) in [6.45, 7) is 1.79. The molecule has 94 valence electrons. The van der Waals surface area contributed by atoms with Crippen LogP contribution in [0.15, 0.2) is 35.5 Å². The van der Waals surface area contributed by atoms with Gasteiger partial charge in [-0.1, -0.05) is 6.08 Å². The number of anilines is 1. The molecule has 0 saturated heterocycles. The first-order valence-electron chi connectivity index (χ1n) is 4.89. The number of hydrogen-bond donors (Lipinski definition) is 1. The molecular formula is C10H10N4O4. The molecule has 0 aromatic heterocycles. The van der Waals surface area contributed by atoms with Crippen molar-refractivity contribution in [3.05, 3.63) is 50.6 Å². The number of hydrogen-bond acceptors (Lipinski definition) is 6. The number of hydrazone groups is 1. The van der Waals surface area contributed by atoms with E-state index in [4.69, 9.17) is 0 Å². The Morgan fingerprint density at radius 3 is 2.56 bits per heavy atom. The van der Waals surface area contributed by atoms with Gasteiger partial charge >= 0.3 is 5.69 Å². The van der Waals surface area contributed by atoms with E-state index in [1.807, 2.05) is 0 Å². The topological polar surface area (TPSA) is 111 Å². The smallest absolute Gasteiger partial charge is 0.272 e. The van der Waals surface area contributed by atoms with E-state index in [0.717, 1.165) is 6.07 Å². The van der Waals surface area contributed by atoms with Gasteiger partial charge in [0.2, 0.25) is 0 Å². The van der Waals surface area contributed by atoms with Crippen LogP contribution in [0.4, 0.5) is 17.1 Å². The summed E-state index contributed by atoms with van der Waals surface area (Å²) in [6.07, 6.45) is 4.77. The Kier molecular flexibility index (Phi) is 4.50. The zero-order valence-electron chi connectivity index (χ0n) is 9.44. The van der Waals surface area contributed by atoms with E-state index in [9.17, 15) is 20.2 Å². The summed E-state index contributed by atoms with van der Waals surface area (Å²) in [4.78, 5) is 19.9. The maximum atomic E-state index is 10.8. The lowest BCUT2D eigenvalue weighted by molar-refractivity contribution is -0.393. The highest BCUT2D eigenvalue weighted by Crippen LogP contribution is 2.28. The minimum atomic E-state index is -0.708. The molecule has 0 spiro atoms. The summed E-state index contributed by atoms with van der Waals surface area (Å²) in [7, 11) is 0. The molecule has 0 aliphatic carbocycles. The number of rotatable bonds is 5. The van der Waals surface area contributed by atoms with Gasteiger partial charge in [-0.3, -0.25) is 25.7 Å². The molecule has 1 aromatic rings. The van der Waals surface area contributed by atoms with Crippen LogP contribution in [0.1, 0.15) is 6.92 Å². The first kappa shape index (κ1) is 13.3. The zero-order valence-corrected chi connectivity index (χ0v) is 9.44. The molecule has 1 aromatic carbocycles. The fraction of sp³-hybridized carbons (Fsp3) is 0.100. The van der Waals surface area contributed by atoms with Crippen molar-refractivity contribution < 1.29 is 9.85 Å². The molecule has 0 bridgehead atoms. The van der Waals surface area contributed by atoms with Crippen LogP contribution < -0.4 is 5.43 Å². The Bertz CT molecular complexity index is 525. The van der Waals surface area contributed by atoms with Crippen LogP contribution in [0.5, 0.6) is 0 Å². The van der Waals surface area contributed by atoms with Gasteiger partial charge in [0.1, 0.15) is 5.69 Å². The lowest BCUT2D eigenvalue weighted by atomic mass is 10.2. The fourth-order valence-corrected chi connectivity index (χ4v) is 1.12. The molecule has 0 atom stereocenters. The van der Waals surface area contributed by atoms with E-state index in [2.05, 4.69) is 10.5 Å². The fourth-order valence-electron chi connectivity index (χ4n) is 1.12. The highest BCUT2D eigenvalue weighted by molar-refractivity contribution is 5.73. The monoisotopic (exact) mass is 250 g/mol. The molecule has 8 nitrogen and oxygen atoms in total. The summed E-state index contributed by atoms with van der Waals surface area (Å²) in [5.74, 6) is 0. The summed E-state index contributed by atoms with van der Waals surface area (Å²) in [6, 6.07) is 3.29. The third-order valence-corrected chi connectivity index (χ3v) is 1.93. The predicted molar refractivity (Wildman–Crippen MR) is 66.7 cm³/mol. The van der Waals surface area contributed by atoms with Crippen LogP contribution in [-0.2, 0) is 0 Å². The quantitative estimate of drug-likeness (QED) is 0.490. The van der Waals surface area contributed by atoms with Crippen molar-refractivity contribution in [2.45, 2.75) is 6.92 Å². The summed E-state index contributed by atoms with van der Waals surface area (Å²) >= 11 is 0. The largest absolute Gasteiger partial charge is 0.301 e. The van der Waals surface area contributed by atoms with Gasteiger partial charge in [0, 0.05) is 12.3 Å². The van der Waals surface area contributed by atoms with Gasteiger partial charge in [0.15, 0.2) is 0 Å². The Balaban J connectivity index is 3.04. The molecule has 18 heavy (non-hydrogen) atoms. The predicted octanol–water partition coefficient (Wildman–Crippen LogP) is 2.48. The molecule has 0 unspecified atom stereocenters. The number of nitrogens with zero attached hydrogens (tertiary/aromatic N) is 3. The minimum Gasteiger partial charge on any atom is -0.272 e. The molecular weight excluding hydrogens is 240 g/mol. The van der Waals surface area contributed by atoms with E-state index in [-0.39, 0.29) is 11.4 Å². The Morgan fingerprint density at radius 1 is 1.28 bits per heavy atom. The zero-order chi connectivity index (χ0) is 13.5. The van der Waals surface area contributed by atoms with Crippen LogP contribution in [0.2, 0.25) is 0 Å². The van der Waals surface area contributed by atoms with Crippen LogP contribution in [0.3, 0.4) is 0 Å². The summed E-state index contributed by atoms with van der Waals surface area (Å²) in [5, 5.41) is 25.0. The van der Waals surface area contributed by atoms with Crippen molar-refractivity contribution in [2.75, 3.05) is 5.43 Å². The minimum absolute atomic E-state index is 0.0892. The average Bonchev–Trinajstić information content (AvgIpc) is 2.34. The molecule has 0 saturated carbocycles. The Labute approximate surface area is 102 Å². The van der Waals surface area contributed by atoms with Gasteiger partial charge in [-0.25, -0.2) is 0 Å². The lowest BCUT2D eigenvalue weighted by Crippen LogP contribution is -1.98. The highest BCUT2D eigenvalue weighted by Gasteiger charge is 2.18.